The fourth-order valence-electron chi connectivity index (χ4n) is 0.284. The van der Waals surface area contributed by atoms with Crippen LogP contribution in [0.1, 0.15) is 6.42 Å². The Balaban J connectivity index is 2.72. The maximum Gasteiger partial charge on any atom is 0.154 e. The molecular weight excluding hydrogens is 108 g/mol. The van der Waals surface area contributed by atoms with Crippen LogP contribution in [0.5, 0.6) is 0 Å². The summed E-state index contributed by atoms with van der Waals surface area (Å²) in [6.45, 7) is 3.61. The topological polar surface area (TPSA) is 49.7 Å². The van der Waals surface area contributed by atoms with Crippen LogP contribution in [-0.2, 0) is 4.74 Å². The molecule has 0 saturated carbocycles. The summed E-state index contributed by atoms with van der Waals surface area (Å²) in [5, 5.41) is 16.6. The van der Waals surface area contributed by atoms with Crippen LogP contribution in [0.2, 0.25) is 0 Å². The Hall–Kier alpha value is -0.120. The van der Waals surface area contributed by atoms with Crippen molar-refractivity contribution in [1.82, 2.24) is 0 Å². The van der Waals surface area contributed by atoms with Crippen LogP contribution in [0.3, 0.4) is 0 Å². The molecule has 0 heterocycles. The summed E-state index contributed by atoms with van der Waals surface area (Å²) in [5.74, 6) is 0. The Bertz CT molecular complexity index is 44.9. The van der Waals surface area contributed by atoms with E-state index in [9.17, 15) is 0 Å². The predicted octanol–water partition coefficient (Wildman–Crippen LogP) is -0.462. The fourth-order valence-corrected chi connectivity index (χ4v) is 0.284. The zero-order valence-electron chi connectivity index (χ0n) is 4.71. The lowest BCUT2D eigenvalue weighted by Crippen LogP contribution is -2.08. The average Bonchev–Trinajstić information content (AvgIpc) is 1.66. The molecule has 1 unspecified atom stereocenters. The van der Waals surface area contributed by atoms with Gasteiger partial charge in [0.1, 0.15) is 0 Å². The van der Waals surface area contributed by atoms with Crippen molar-refractivity contribution in [3.8, 4) is 0 Å². The molecule has 3 heteroatoms. The molecule has 0 rings (SSSR count). The molecule has 0 aliphatic rings. The second-order valence-corrected chi connectivity index (χ2v) is 1.40. The van der Waals surface area contributed by atoms with Crippen molar-refractivity contribution in [2.24, 2.45) is 0 Å². The normalized spacial score (nSPS) is 13.9. The van der Waals surface area contributed by atoms with E-state index in [2.05, 4.69) is 11.7 Å². The minimum atomic E-state index is -0.957. The third kappa shape index (κ3) is 5.88. The summed E-state index contributed by atoms with van der Waals surface area (Å²) < 4.78 is 4.57. The predicted molar refractivity (Wildman–Crippen MR) is 29.0 cm³/mol. The van der Waals surface area contributed by atoms with Gasteiger partial charge >= 0.3 is 0 Å². The van der Waals surface area contributed by atoms with Crippen molar-refractivity contribution >= 4 is 0 Å². The first-order valence-electron chi connectivity index (χ1n) is 2.51. The Labute approximate surface area is 48.9 Å². The first-order chi connectivity index (χ1) is 3.77. The zero-order valence-corrected chi connectivity index (χ0v) is 4.71. The number of ether oxygens (including phenoxy) is 1. The van der Waals surface area contributed by atoms with Crippen LogP contribution in [0.4, 0.5) is 0 Å². The van der Waals surface area contributed by atoms with Crippen molar-refractivity contribution in [2.45, 2.75) is 12.7 Å². The monoisotopic (exact) mass is 119 g/mol. The summed E-state index contributed by atoms with van der Waals surface area (Å²) >= 11 is 0. The number of rotatable bonds is 4. The van der Waals surface area contributed by atoms with E-state index in [1.165, 1.54) is 0 Å². The molecule has 3 nitrogen and oxygen atoms in total. The van der Waals surface area contributed by atoms with E-state index in [1.807, 2.05) is 0 Å². The van der Waals surface area contributed by atoms with Gasteiger partial charge in [0.15, 0.2) is 6.29 Å². The molecule has 49 valence electrons. The third-order valence-electron chi connectivity index (χ3n) is 0.613. The van der Waals surface area contributed by atoms with E-state index < -0.39 is 6.29 Å². The molecule has 0 bridgehead atoms. The summed E-state index contributed by atoms with van der Waals surface area (Å²) in [6.07, 6.45) is -0.409. The fraction of sp³-hybridized carbons (Fsp3) is 0.800. The van der Waals surface area contributed by atoms with E-state index in [0.29, 0.717) is 13.0 Å². The first-order valence-corrected chi connectivity index (χ1v) is 2.51. The molecule has 1 radical (unpaired) electrons. The van der Waals surface area contributed by atoms with Gasteiger partial charge < -0.3 is 14.9 Å². The molecule has 8 heavy (non-hydrogen) atoms. The second kappa shape index (κ2) is 5.03. The molecule has 2 N–H and O–H groups in total. The Kier molecular flexibility index (Phi) is 4.95. The first kappa shape index (κ1) is 7.88. The van der Waals surface area contributed by atoms with Gasteiger partial charge in [0.05, 0.1) is 6.61 Å². The highest BCUT2D eigenvalue weighted by Gasteiger charge is 1.91. The highest BCUT2D eigenvalue weighted by Crippen LogP contribution is 1.84. The lowest BCUT2D eigenvalue weighted by Gasteiger charge is -2.03. The van der Waals surface area contributed by atoms with Gasteiger partial charge in [-0.1, -0.05) is 0 Å². The maximum absolute atomic E-state index is 8.36. The van der Waals surface area contributed by atoms with E-state index in [-0.39, 0.29) is 6.61 Å². The minimum Gasteiger partial charge on any atom is -0.396 e. The van der Waals surface area contributed by atoms with Crippen LogP contribution in [-0.4, -0.2) is 29.7 Å². The Morgan fingerprint density at radius 3 is 2.62 bits per heavy atom. The van der Waals surface area contributed by atoms with E-state index >= 15 is 0 Å². The van der Waals surface area contributed by atoms with E-state index in [1.54, 1.807) is 0 Å². The van der Waals surface area contributed by atoms with Crippen molar-refractivity contribution in [3.05, 3.63) is 6.92 Å². The highest BCUT2D eigenvalue weighted by atomic mass is 16.6. The summed E-state index contributed by atoms with van der Waals surface area (Å²) in [7, 11) is 0. The van der Waals surface area contributed by atoms with Gasteiger partial charge in [-0.3, -0.25) is 0 Å². The molecule has 0 aliphatic heterocycles. The van der Waals surface area contributed by atoms with Crippen molar-refractivity contribution in [2.75, 3.05) is 13.2 Å². The third-order valence-corrected chi connectivity index (χ3v) is 0.613. The smallest absolute Gasteiger partial charge is 0.154 e. The molecule has 0 aromatic heterocycles. The van der Waals surface area contributed by atoms with Crippen molar-refractivity contribution in [3.63, 3.8) is 0 Å². The van der Waals surface area contributed by atoms with Crippen LogP contribution in [0.15, 0.2) is 0 Å². The van der Waals surface area contributed by atoms with Gasteiger partial charge in [0.25, 0.3) is 0 Å². The van der Waals surface area contributed by atoms with E-state index in [0.717, 1.165) is 0 Å². The van der Waals surface area contributed by atoms with Crippen molar-refractivity contribution < 1.29 is 14.9 Å². The summed E-state index contributed by atoms with van der Waals surface area (Å²) in [4.78, 5) is 0. The molecule has 0 aromatic carbocycles. The van der Waals surface area contributed by atoms with Crippen molar-refractivity contribution in [1.29, 1.82) is 0 Å². The minimum absolute atomic E-state index is 0.0900. The quantitative estimate of drug-likeness (QED) is 0.389. The summed E-state index contributed by atoms with van der Waals surface area (Å²) in [6, 6.07) is 0. The molecular formula is C5H11O3. The Morgan fingerprint density at radius 1 is 1.62 bits per heavy atom. The van der Waals surface area contributed by atoms with Gasteiger partial charge in [-0.25, -0.2) is 0 Å². The molecule has 0 amide bonds. The van der Waals surface area contributed by atoms with E-state index in [4.69, 9.17) is 10.2 Å². The molecule has 0 aromatic rings. The Morgan fingerprint density at radius 2 is 2.25 bits per heavy atom. The zero-order chi connectivity index (χ0) is 6.41. The van der Waals surface area contributed by atoms with Gasteiger partial charge in [0, 0.05) is 13.5 Å². The largest absolute Gasteiger partial charge is 0.396 e. The summed E-state index contributed by atoms with van der Waals surface area (Å²) in [5.41, 5.74) is 0. The second-order valence-electron chi connectivity index (χ2n) is 1.40. The lowest BCUT2D eigenvalue weighted by atomic mass is 10.5. The van der Waals surface area contributed by atoms with Crippen LogP contribution in [0, 0.1) is 6.92 Å². The molecule has 1 atom stereocenters. The maximum atomic E-state index is 8.36. The standard InChI is InChI=1S/C5H11O3/c1-5(7)8-4-2-3-6/h5-7H,1-4H2. The average molecular weight is 119 g/mol. The molecule has 0 spiro atoms. The van der Waals surface area contributed by atoms with Gasteiger partial charge in [-0.05, 0) is 6.42 Å². The SMILES string of the molecule is [CH2]C(O)OCCCO. The van der Waals surface area contributed by atoms with Crippen LogP contribution >= 0.6 is 0 Å². The lowest BCUT2D eigenvalue weighted by molar-refractivity contribution is -0.0691. The number of hydrogen-bond acceptors (Lipinski definition) is 3. The van der Waals surface area contributed by atoms with Gasteiger partial charge in [-0.15, -0.1) is 0 Å². The van der Waals surface area contributed by atoms with Crippen LogP contribution in [0.25, 0.3) is 0 Å². The molecule has 0 saturated heterocycles. The highest BCUT2D eigenvalue weighted by molar-refractivity contribution is 4.39. The van der Waals surface area contributed by atoms with Gasteiger partial charge in [0.2, 0.25) is 0 Å². The number of aliphatic hydroxyl groups is 2. The van der Waals surface area contributed by atoms with Gasteiger partial charge in [-0.2, -0.15) is 0 Å². The number of hydrogen-bond donors (Lipinski definition) is 2. The molecule has 0 fully saturated rings. The molecule has 0 aliphatic carbocycles. The number of aliphatic hydroxyl groups excluding tert-OH is 2. The van der Waals surface area contributed by atoms with Crippen LogP contribution < -0.4 is 0 Å².